The van der Waals surface area contributed by atoms with Crippen LogP contribution in [0.2, 0.25) is 0 Å². The SMILES string of the molecule is COc1ccc(F)c(-c2ccc(COc3cc(F)c4c(c3F)[C@@]3(CC4)C[C@H]3C(=O)O)cc2[C@@H](OC)C(C)(C)C)c1. The maximum absolute atomic E-state index is 15.7. The molecular formula is C32H33F3O5. The van der Waals surface area contributed by atoms with Gasteiger partial charge in [-0.3, -0.25) is 4.79 Å². The van der Waals surface area contributed by atoms with Gasteiger partial charge in [0.1, 0.15) is 24.0 Å². The number of aliphatic carboxylic acids is 1. The summed E-state index contributed by atoms with van der Waals surface area (Å²) < 4.78 is 62.7. The number of carboxylic acids is 1. The Balaban J connectivity index is 1.51. The molecule has 0 heterocycles. The van der Waals surface area contributed by atoms with Crippen LogP contribution in [0.1, 0.15) is 62.0 Å². The van der Waals surface area contributed by atoms with Crippen molar-refractivity contribution in [3.63, 3.8) is 0 Å². The molecule has 8 heteroatoms. The van der Waals surface area contributed by atoms with Crippen molar-refractivity contribution >= 4 is 5.97 Å². The minimum atomic E-state index is -0.995. The summed E-state index contributed by atoms with van der Waals surface area (Å²) in [5, 5.41) is 9.50. The minimum Gasteiger partial charge on any atom is -0.497 e. The lowest BCUT2D eigenvalue weighted by Crippen LogP contribution is -2.21. The molecule has 1 spiro atoms. The fourth-order valence-electron chi connectivity index (χ4n) is 6.27. The molecule has 212 valence electrons. The smallest absolute Gasteiger partial charge is 0.307 e. The van der Waals surface area contributed by atoms with Crippen LogP contribution in [0.5, 0.6) is 11.5 Å². The molecule has 0 aliphatic heterocycles. The van der Waals surface area contributed by atoms with E-state index in [1.807, 2.05) is 26.8 Å². The molecule has 0 amide bonds. The molecule has 40 heavy (non-hydrogen) atoms. The van der Waals surface area contributed by atoms with E-state index in [4.69, 9.17) is 14.2 Å². The van der Waals surface area contributed by atoms with E-state index >= 15 is 8.78 Å². The van der Waals surface area contributed by atoms with Crippen molar-refractivity contribution in [3.05, 3.63) is 82.2 Å². The number of hydrogen-bond donors (Lipinski definition) is 1. The molecule has 0 saturated heterocycles. The first-order chi connectivity index (χ1) is 18.9. The normalized spacial score (nSPS) is 20.4. The van der Waals surface area contributed by atoms with Crippen molar-refractivity contribution in [1.29, 1.82) is 0 Å². The number of rotatable bonds is 8. The average Bonchev–Trinajstić information content (AvgIpc) is 3.50. The van der Waals surface area contributed by atoms with Gasteiger partial charge in [0, 0.05) is 29.7 Å². The largest absolute Gasteiger partial charge is 0.497 e. The first-order valence-corrected chi connectivity index (χ1v) is 13.3. The second-order valence-corrected chi connectivity index (χ2v) is 11.8. The first-order valence-electron chi connectivity index (χ1n) is 13.3. The maximum Gasteiger partial charge on any atom is 0.307 e. The third-order valence-electron chi connectivity index (χ3n) is 8.25. The van der Waals surface area contributed by atoms with E-state index in [0.717, 1.165) is 6.07 Å². The number of methoxy groups -OCH3 is 2. The van der Waals surface area contributed by atoms with Crippen molar-refractivity contribution in [2.45, 2.75) is 58.2 Å². The molecule has 3 atom stereocenters. The molecular weight excluding hydrogens is 521 g/mol. The third-order valence-corrected chi connectivity index (χ3v) is 8.25. The lowest BCUT2D eigenvalue weighted by atomic mass is 9.81. The number of carbonyl (C=O) groups is 1. The average molecular weight is 555 g/mol. The van der Waals surface area contributed by atoms with E-state index < -0.39 is 40.9 Å². The van der Waals surface area contributed by atoms with Crippen LogP contribution in [-0.4, -0.2) is 25.3 Å². The van der Waals surface area contributed by atoms with Crippen LogP contribution in [0.25, 0.3) is 11.1 Å². The lowest BCUT2D eigenvalue weighted by Gasteiger charge is -2.32. The van der Waals surface area contributed by atoms with E-state index in [2.05, 4.69) is 0 Å². The van der Waals surface area contributed by atoms with Gasteiger partial charge in [-0.05, 0) is 71.2 Å². The van der Waals surface area contributed by atoms with Crippen molar-refractivity contribution < 1.29 is 37.3 Å². The van der Waals surface area contributed by atoms with Gasteiger partial charge in [0.05, 0.1) is 19.1 Å². The van der Waals surface area contributed by atoms with E-state index in [-0.39, 0.29) is 28.9 Å². The molecule has 0 aromatic heterocycles. The Morgan fingerprint density at radius 3 is 2.42 bits per heavy atom. The van der Waals surface area contributed by atoms with Crippen LogP contribution in [-0.2, 0) is 28.0 Å². The minimum absolute atomic E-state index is 0.0844. The Hall–Kier alpha value is -3.52. The number of hydrogen-bond acceptors (Lipinski definition) is 4. The Labute approximate surface area is 231 Å². The Bertz CT molecular complexity index is 1480. The highest BCUT2D eigenvalue weighted by atomic mass is 19.1. The Morgan fingerprint density at radius 2 is 1.80 bits per heavy atom. The van der Waals surface area contributed by atoms with Gasteiger partial charge < -0.3 is 19.3 Å². The van der Waals surface area contributed by atoms with Crippen LogP contribution in [0.4, 0.5) is 13.2 Å². The molecule has 2 aliphatic carbocycles. The number of fused-ring (bicyclic) bond motifs is 2. The fourth-order valence-corrected chi connectivity index (χ4v) is 6.27. The molecule has 5 rings (SSSR count). The zero-order valence-corrected chi connectivity index (χ0v) is 23.2. The maximum atomic E-state index is 15.7. The summed E-state index contributed by atoms with van der Waals surface area (Å²) in [5.41, 5.74) is 1.50. The van der Waals surface area contributed by atoms with Gasteiger partial charge in [0.15, 0.2) is 11.6 Å². The van der Waals surface area contributed by atoms with Gasteiger partial charge in [0.25, 0.3) is 0 Å². The van der Waals surface area contributed by atoms with Gasteiger partial charge in [-0.1, -0.05) is 32.9 Å². The Morgan fingerprint density at radius 1 is 1.05 bits per heavy atom. The van der Waals surface area contributed by atoms with Crippen molar-refractivity contribution in [1.82, 2.24) is 0 Å². The van der Waals surface area contributed by atoms with Crippen LogP contribution < -0.4 is 9.47 Å². The summed E-state index contributed by atoms with van der Waals surface area (Å²) in [6, 6.07) is 10.9. The van der Waals surface area contributed by atoms with Gasteiger partial charge in [-0.15, -0.1) is 0 Å². The van der Waals surface area contributed by atoms with E-state index in [1.165, 1.54) is 13.2 Å². The standard InChI is InChI=1S/C32H33F3O5/c1-31(2,3)29(39-5)22-12-17(6-8-19(22)21-13-18(38-4)7-9-24(21)33)16-40-26-14-25(34)20-10-11-32(27(20)28(26)35)15-23(32)30(36)37/h6-9,12-14,23,29H,10-11,15-16H2,1-5H3,(H,36,37)/t23-,29+,32-/m0/s1. The topological polar surface area (TPSA) is 65.0 Å². The van der Waals surface area contributed by atoms with E-state index in [1.54, 1.807) is 31.4 Å². The summed E-state index contributed by atoms with van der Waals surface area (Å²) in [5.74, 6) is -3.16. The van der Waals surface area contributed by atoms with E-state index in [9.17, 15) is 14.3 Å². The molecule has 1 fully saturated rings. The van der Waals surface area contributed by atoms with Gasteiger partial charge >= 0.3 is 5.97 Å². The summed E-state index contributed by atoms with van der Waals surface area (Å²) in [6.45, 7) is 5.95. The quantitative estimate of drug-likeness (QED) is 0.315. The Kier molecular flexibility index (Phi) is 7.11. The molecule has 0 unspecified atom stereocenters. The molecule has 0 bridgehead atoms. The summed E-state index contributed by atoms with van der Waals surface area (Å²) >= 11 is 0. The number of benzene rings is 3. The van der Waals surface area contributed by atoms with Crippen LogP contribution in [0.3, 0.4) is 0 Å². The van der Waals surface area contributed by atoms with Gasteiger partial charge in [-0.25, -0.2) is 13.2 Å². The summed E-state index contributed by atoms with van der Waals surface area (Å²) in [4.78, 5) is 11.6. The van der Waals surface area contributed by atoms with Crippen LogP contribution in [0.15, 0.2) is 42.5 Å². The zero-order chi connectivity index (χ0) is 29.0. The molecule has 3 aromatic rings. The molecule has 0 radical (unpaired) electrons. The van der Waals surface area contributed by atoms with Crippen molar-refractivity contribution in [2.75, 3.05) is 14.2 Å². The molecule has 2 aliphatic rings. The third kappa shape index (κ3) is 4.72. The number of ether oxygens (including phenoxy) is 3. The number of carboxylic acid groups (broad SMARTS) is 1. The van der Waals surface area contributed by atoms with Crippen molar-refractivity contribution in [2.24, 2.45) is 11.3 Å². The zero-order valence-electron chi connectivity index (χ0n) is 23.2. The van der Waals surface area contributed by atoms with E-state index in [0.29, 0.717) is 47.3 Å². The first kappa shape index (κ1) is 28.0. The van der Waals surface area contributed by atoms with Gasteiger partial charge in [0.2, 0.25) is 0 Å². The summed E-state index contributed by atoms with van der Waals surface area (Å²) in [6.07, 6.45) is 0.586. The molecule has 5 nitrogen and oxygen atoms in total. The molecule has 3 aromatic carbocycles. The van der Waals surface area contributed by atoms with Crippen LogP contribution in [0, 0.1) is 28.8 Å². The molecule has 1 N–H and O–H groups in total. The number of halogens is 3. The predicted octanol–water partition coefficient (Wildman–Crippen LogP) is 7.38. The van der Waals surface area contributed by atoms with Crippen LogP contribution >= 0.6 is 0 Å². The second kappa shape index (κ2) is 10.1. The summed E-state index contributed by atoms with van der Waals surface area (Å²) in [7, 11) is 3.10. The van der Waals surface area contributed by atoms with Crippen molar-refractivity contribution in [3.8, 4) is 22.6 Å². The predicted molar refractivity (Wildman–Crippen MR) is 144 cm³/mol. The second-order valence-electron chi connectivity index (χ2n) is 11.8. The lowest BCUT2D eigenvalue weighted by molar-refractivity contribution is -0.139. The fraction of sp³-hybridized carbons (Fsp3) is 0.406. The highest BCUT2D eigenvalue weighted by Gasteiger charge is 2.63. The molecule has 1 saturated carbocycles. The highest BCUT2D eigenvalue weighted by Crippen LogP contribution is 2.63. The highest BCUT2D eigenvalue weighted by molar-refractivity contribution is 5.78. The monoisotopic (exact) mass is 554 g/mol. The van der Waals surface area contributed by atoms with Gasteiger partial charge in [-0.2, -0.15) is 0 Å².